The smallest absolute Gasteiger partial charge is 0.184 e. The number of thiazole rings is 1. The molecule has 0 aliphatic rings. The van der Waals surface area contributed by atoms with Crippen molar-refractivity contribution in [1.82, 2.24) is 4.98 Å². The lowest BCUT2D eigenvalue weighted by Crippen LogP contribution is -2.15. The van der Waals surface area contributed by atoms with Crippen LogP contribution >= 0.6 is 11.3 Å². The molecule has 0 aliphatic carbocycles. The Morgan fingerprint density at radius 3 is 3.10 bits per heavy atom. The Morgan fingerprint density at radius 2 is 2.30 bits per heavy atom. The van der Waals surface area contributed by atoms with E-state index in [-0.39, 0.29) is 11.9 Å². The predicted octanol–water partition coefficient (Wildman–Crippen LogP) is 4.46. The molecule has 1 aromatic carbocycles. The van der Waals surface area contributed by atoms with E-state index in [9.17, 15) is 4.39 Å². The lowest BCUT2D eigenvalue weighted by molar-refractivity contribution is 0.495. The highest BCUT2D eigenvalue weighted by atomic mass is 32.1. The third-order valence-electron chi connectivity index (χ3n) is 3.12. The molecule has 104 valence electrons. The lowest BCUT2D eigenvalue weighted by atomic mass is 10.1. The Balaban J connectivity index is 1.63. The van der Waals surface area contributed by atoms with Crippen molar-refractivity contribution in [2.24, 2.45) is 0 Å². The minimum atomic E-state index is -0.250. The van der Waals surface area contributed by atoms with Crippen molar-refractivity contribution in [1.29, 1.82) is 0 Å². The van der Waals surface area contributed by atoms with Crippen LogP contribution in [0.3, 0.4) is 0 Å². The molecule has 0 fully saturated rings. The lowest BCUT2D eigenvalue weighted by Gasteiger charge is -2.11. The van der Waals surface area contributed by atoms with E-state index in [1.165, 1.54) is 12.1 Å². The van der Waals surface area contributed by atoms with E-state index in [4.69, 9.17) is 4.42 Å². The molecular formula is C15H15FN2OS. The second-order valence-electron chi connectivity index (χ2n) is 4.79. The fourth-order valence-electron chi connectivity index (χ4n) is 2.06. The van der Waals surface area contributed by atoms with Gasteiger partial charge in [-0.05, 0) is 37.6 Å². The third kappa shape index (κ3) is 2.99. The summed E-state index contributed by atoms with van der Waals surface area (Å²) in [5, 5.41) is 4.19. The summed E-state index contributed by atoms with van der Waals surface area (Å²) in [6.07, 6.45) is 3.54. The summed E-state index contributed by atoms with van der Waals surface area (Å²) in [7, 11) is 0. The van der Waals surface area contributed by atoms with E-state index in [1.807, 2.05) is 12.1 Å². The average Bonchev–Trinajstić information content (AvgIpc) is 3.04. The average molecular weight is 290 g/mol. The first-order valence-electron chi connectivity index (χ1n) is 6.56. The molecule has 0 aliphatic heterocycles. The monoisotopic (exact) mass is 290 g/mol. The number of halogens is 1. The van der Waals surface area contributed by atoms with Crippen molar-refractivity contribution in [3.05, 3.63) is 48.2 Å². The van der Waals surface area contributed by atoms with E-state index < -0.39 is 0 Å². The number of nitrogens with one attached hydrogen (secondary N) is 1. The Hall–Kier alpha value is -1.88. The first-order chi connectivity index (χ1) is 9.70. The first kappa shape index (κ1) is 13.1. The highest BCUT2D eigenvalue weighted by molar-refractivity contribution is 7.22. The number of benzene rings is 1. The largest absolute Gasteiger partial charge is 0.469 e. The van der Waals surface area contributed by atoms with Crippen LogP contribution in [0.1, 0.15) is 19.1 Å². The number of fused-ring (bicyclic) bond motifs is 1. The van der Waals surface area contributed by atoms with Crippen LogP contribution in [0.4, 0.5) is 9.52 Å². The SMILES string of the molecule is CC(CCc1ccco1)Nc1nc2cc(F)ccc2s1. The molecule has 3 aromatic rings. The standard InChI is InChI=1S/C15H15FN2OS/c1-10(4-6-12-3-2-8-19-12)17-15-18-13-9-11(16)5-7-14(13)20-15/h2-3,5,7-10H,4,6H2,1H3,(H,17,18). The molecule has 1 unspecified atom stereocenters. The zero-order chi connectivity index (χ0) is 13.9. The Kier molecular flexibility index (Phi) is 3.69. The van der Waals surface area contributed by atoms with Gasteiger partial charge in [-0.2, -0.15) is 0 Å². The number of aromatic nitrogens is 1. The van der Waals surface area contributed by atoms with Gasteiger partial charge in [0.05, 0.1) is 16.5 Å². The van der Waals surface area contributed by atoms with E-state index in [2.05, 4.69) is 17.2 Å². The Labute approximate surface area is 120 Å². The predicted molar refractivity (Wildman–Crippen MR) is 79.7 cm³/mol. The highest BCUT2D eigenvalue weighted by Gasteiger charge is 2.09. The minimum absolute atomic E-state index is 0.250. The third-order valence-corrected chi connectivity index (χ3v) is 4.09. The molecule has 2 heterocycles. The van der Waals surface area contributed by atoms with Crippen LogP contribution in [0.5, 0.6) is 0 Å². The van der Waals surface area contributed by atoms with Crippen molar-refractivity contribution < 1.29 is 8.81 Å². The summed E-state index contributed by atoms with van der Waals surface area (Å²) in [4.78, 5) is 4.40. The van der Waals surface area contributed by atoms with Crippen LogP contribution < -0.4 is 5.32 Å². The number of nitrogens with zero attached hydrogens (tertiary/aromatic N) is 1. The number of rotatable bonds is 5. The summed E-state index contributed by atoms with van der Waals surface area (Å²) in [6.45, 7) is 2.11. The molecule has 0 saturated carbocycles. The topological polar surface area (TPSA) is 38.1 Å². The highest BCUT2D eigenvalue weighted by Crippen LogP contribution is 2.27. The zero-order valence-corrected chi connectivity index (χ0v) is 11.9. The van der Waals surface area contributed by atoms with Crippen LogP contribution in [0.15, 0.2) is 41.0 Å². The molecule has 20 heavy (non-hydrogen) atoms. The van der Waals surface area contributed by atoms with Crippen LogP contribution in [-0.4, -0.2) is 11.0 Å². The zero-order valence-electron chi connectivity index (χ0n) is 11.1. The summed E-state index contributed by atoms with van der Waals surface area (Å²) in [6, 6.07) is 8.85. The second-order valence-corrected chi connectivity index (χ2v) is 5.83. The van der Waals surface area contributed by atoms with Gasteiger partial charge in [0.15, 0.2) is 5.13 Å². The van der Waals surface area contributed by atoms with Gasteiger partial charge in [0.25, 0.3) is 0 Å². The van der Waals surface area contributed by atoms with Crippen molar-refractivity contribution in [3.8, 4) is 0 Å². The van der Waals surface area contributed by atoms with Gasteiger partial charge in [-0.15, -0.1) is 0 Å². The van der Waals surface area contributed by atoms with Gasteiger partial charge >= 0.3 is 0 Å². The Bertz CT molecular complexity index is 693. The van der Waals surface area contributed by atoms with Gasteiger partial charge in [0.1, 0.15) is 11.6 Å². The second kappa shape index (κ2) is 5.63. The molecule has 5 heteroatoms. The summed E-state index contributed by atoms with van der Waals surface area (Å²) < 4.78 is 19.4. The molecule has 1 atom stereocenters. The Morgan fingerprint density at radius 1 is 1.40 bits per heavy atom. The van der Waals surface area contributed by atoms with Gasteiger partial charge in [-0.3, -0.25) is 0 Å². The molecule has 3 rings (SSSR count). The van der Waals surface area contributed by atoms with Crippen molar-refractivity contribution in [2.45, 2.75) is 25.8 Å². The van der Waals surface area contributed by atoms with Gasteiger partial charge in [0.2, 0.25) is 0 Å². The van der Waals surface area contributed by atoms with Crippen molar-refractivity contribution >= 4 is 26.7 Å². The van der Waals surface area contributed by atoms with Gasteiger partial charge in [-0.25, -0.2) is 9.37 Å². The quantitative estimate of drug-likeness (QED) is 0.754. The molecular weight excluding hydrogens is 275 g/mol. The maximum atomic E-state index is 13.1. The summed E-state index contributed by atoms with van der Waals surface area (Å²) in [5.74, 6) is 0.741. The van der Waals surface area contributed by atoms with Crippen molar-refractivity contribution in [2.75, 3.05) is 5.32 Å². The maximum absolute atomic E-state index is 13.1. The molecule has 0 bridgehead atoms. The van der Waals surface area contributed by atoms with Crippen LogP contribution in [0, 0.1) is 5.82 Å². The van der Waals surface area contributed by atoms with E-state index >= 15 is 0 Å². The van der Waals surface area contributed by atoms with Crippen LogP contribution in [0.2, 0.25) is 0 Å². The van der Waals surface area contributed by atoms with Crippen molar-refractivity contribution in [3.63, 3.8) is 0 Å². The van der Waals surface area contributed by atoms with Crippen LogP contribution in [0.25, 0.3) is 10.2 Å². The van der Waals surface area contributed by atoms with Gasteiger partial charge < -0.3 is 9.73 Å². The maximum Gasteiger partial charge on any atom is 0.184 e. The molecule has 2 aromatic heterocycles. The molecule has 0 spiro atoms. The number of aryl methyl sites for hydroxylation is 1. The van der Waals surface area contributed by atoms with E-state index in [0.717, 1.165) is 28.4 Å². The van der Waals surface area contributed by atoms with E-state index in [0.29, 0.717) is 5.52 Å². The van der Waals surface area contributed by atoms with E-state index in [1.54, 1.807) is 23.7 Å². The normalized spacial score (nSPS) is 12.7. The molecule has 0 saturated heterocycles. The summed E-state index contributed by atoms with van der Waals surface area (Å²) >= 11 is 1.55. The fourth-order valence-corrected chi connectivity index (χ4v) is 3.02. The summed E-state index contributed by atoms with van der Waals surface area (Å²) in [5.41, 5.74) is 0.704. The number of anilines is 1. The number of furan rings is 1. The number of hydrogen-bond acceptors (Lipinski definition) is 4. The van der Waals surface area contributed by atoms with Gasteiger partial charge in [-0.1, -0.05) is 11.3 Å². The fraction of sp³-hybridized carbons (Fsp3) is 0.267. The molecule has 3 nitrogen and oxygen atoms in total. The minimum Gasteiger partial charge on any atom is -0.469 e. The van der Waals surface area contributed by atoms with Crippen LogP contribution in [-0.2, 0) is 6.42 Å². The molecule has 1 N–H and O–H groups in total. The first-order valence-corrected chi connectivity index (χ1v) is 7.37. The van der Waals surface area contributed by atoms with Gasteiger partial charge in [0, 0.05) is 18.5 Å². The number of hydrogen-bond donors (Lipinski definition) is 1. The molecule has 0 radical (unpaired) electrons. The molecule has 0 amide bonds.